The molecule has 0 bridgehead atoms. The maximum atomic E-state index is 12.2. The van der Waals surface area contributed by atoms with Gasteiger partial charge >= 0.3 is 0 Å². The van der Waals surface area contributed by atoms with Crippen molar-refractivity contribution in [3.63, 3.8) is 0 Å². The van der Waals surface area contributed by atoms with Gasteiger partial charge in [0.25, 0.3) is 0 Å². The van der Waals surface area contributed by atoms with Crippen LogP contribution >= 0.6 is 0 Å². The summed E-state index contributed by atoms with van der Waals surface area (Å²) in [4.78, 5) is 24.4. The summed E-state index contributed by atoms with van der Waals surface area (Å²) in [6, 6.07) is 15.3. The topological polar surface area (TPSA) is 58.2 Å². The van der Waals surface area contributed by atoms with Crippen LogP contribution in [-0.4, -0.2) is 11.8 Å². The third kappa shape index (κ3) is 3.77. The van der Waals surface area contributed by atoms with Crippen LogP contribution in [-0.2, 0) is 9.59 Å². The first-order chi connectivity index (χ1) is 11.0. The van der Waals surface area contributed by atoms with Crippen LogP contribution in [0.4, 0.5) is 11.4 Å². The molecule has 2 atom stereocenters. The van der Waals surface area contributed by atoms with E-state index >= 15 is 0 Å². The average Bonchev–Trinajstić information content (AvgIpc) is 3.30. The van der Waals surface area contributed by atoms with Crippen LogP contribution in [0.15, 0.2) is 48.5 Å². The molecule has 23 heavy (non-hydrogen) atoms. The van der Waals surface area contributed by atoms with Crippen LogP contribution in [0.3, 0.4) is 0 Å². The summed E-state index contributed by atoms with van der Waals surface area (Å²) in [5, 5.41) is 5.75. The second-order valence-corrected chi connectivity index (χ2v) is 6.16. The molecule has 0 spiro atoms. The summed E-state index contributed by atoms with van der Waals surface area (Å²) in [6.07, 6.45) is 0.606. The van der Waals surface area contributed by atoms with E-state index in [9.17, 15) is 9.59 Å². The van der Waals surface area contributed by atoms with Crippen LogP contribution in [0.2, 0.25) is 0 Å². The first-order valence-corrected chi connectivity index (χ1v) is 7.78. The molecule has 0 heterocycles. The molecule has 1 fully saturated rings. The minimum absolute atomic E-state index is 0.0837. The van der Waals surface area contributed by atoms with Crippen molar-refractivity contribution in [2.24, 2.45) is 11.8 Å². The van der Waals surface area contributed by atoms with Crippen molar-refractivity contribution in [1.82, 2.24) is 0 Å². The van der Waals surface area contributed by atoms with Gasteiger partial charge in [0.1, 0.15) is 0 Å². The maximum absolute atomic E-state index is 12.2. The average molecular weight is 308 g/mol. The normalized spacial score (nSPS) is 19.0. The highest BCUT2D eigenvalue weighted by Crippen LogP contribution is 2.40. The summed E-state index contributed by atoms with van der Waals surface area (Å²) in [6.45, 7) is 3.97. The molecule has 118 valence electrons. The first-order valence-electron chi connectivity index (χ1n) is 7.78. The van der Waals surface area contributed by atoms with Gasteiger partial charge in [-0.3, -0.25) is 9.59 Å². The van der Waals surface area contributed by atoms with Crippen molar-refractivity contribution in [2.75, 3.05) is 10.6 Å². The van der Waals surface area contributed by atoms with Crippen molar-refractivity contribution in [1.29, 1.82) is 0 Å². The van der Waals surface area contributed by atoms with Gasteiger partial charge in [-0.25, -0.2) is 0 Å². The summed E-state index contributed by atoms with van der Waals surface area (Å²) in [5.74, 6) is -0.639. The standard InChI is InChI=1S/C19H20N2O2/c1-12-6-8-14(9-7-12)20-18(22)16-11-17(16)19(23)21-15-5-3-4-13(2)10-15/h3-10,16-17H,11H2,1-2H3,(H,20,22)(H,21,23). The third-order valence-electron chi connectivity index (χ3n) is 4.07. The van der Waals surface area contributed by atoms with Crippen LogP contribution in [0.5, 0.6) is 0 Å². The number of hydrogen-bond acceptors (Lipinski definition) is 2. The second-order valence-electron chi connectivity index (χ2n) is 6.16. The second kappa shape index (κ2) is 6.24. The lowest BCUT2D eigenvalue weighted by Gasteiger charge is -2.07. The molecule has 2 aromatic rings. The van der Waals surface area contributed by atoms with E-state index in [0.717, 1.165) is 22.5 Å². The Kier molecular flexibility index (Phi) is 4.15. The van der Waals surface area contributed by atoms with E-state index in [1.165, 1.54) is 0 Å². The van der Waals surface area contributed by atoms with Crippen molar-refractivity contribution >= 4 is 23.2 Å². The Morgan fingerprint density at radius 1 is 0.826 bits per heavy atom. The van der Waals surface area contributed by atoms with Crippen LogP contribution < -0.4 is 10.6 Å². The summed E-state index contributed by atoms with van der Waals surface area (Å²) >= 11 is 0. The number of amides is 2. The van der Waals surface area contributed by atoms with E-state index in [-0.39, 0.29) is 23.7 Å². The highest BCUT2D eigenvalue weighted by atomic mass is 16.2. The zero-order valence-corrected chi connectivity index (χ0v) is 13.3. The van der Waals surface area contributed by atoms with Gasteiger partial charge in [-0.1, -0.05) is 29.8 Å². The van der Waals surface area contributed by atoms with Gasteiger partial charge < -0.3 is 10.6 Å². The van der Waals surface area contributed by atoms with Crippen molar-refractivity contribution < 1.29 is 9.59 Å². The Bertz CT molecular complexity index is 737. The number of aryl methyl sites for hydroxylation is 2. The Labute approximate surface area is 135 Å². The highest BCUT2D eigenvalue weighted by molar-refractivity contribution is 6.03. The van der Waals surface area contributed by atoms with E-state index < -0.39 is 0 Å². The fourth-order valence-electron chi connectivity index (χ4n) is 2.60. The fraction of sp³-hybridized carbons (Fsp3) is 0.263. The quantitative estimate of drug-likeness (QED) is 0.908. The number of rotatable bonds is 4. The molecule has 2 unspecified atom stereocenters. The minimum Gasteiger partial charge on any atom is -0.326 e. The lowest BCUT2D eigenvalue weighted by Crippen LogP contribution is -2.20. The zero-order valence-electron chi connectivity index (χ0n) is 13.3. The molecular weight excluding hydrogens is 288 g/mol. The number of nitrogens with one attached hydrogen (secondary N) is 2. The molecule has 1 aliphatic rings. The predicted molar refractivity (Wildman–Crippen MR) is 91.2 cm³/mol. The number of carbonyl (C=O) groups is 2. The lowest BCUT2D eigenvalue weighted by molar-refractivity contribution is -0.122. The number of benzene rings is 2. The van der Waals surface area contributed by atoms with E-state index in [0.29, 0.717) is 6.42 Å². The van der Waals surface area contributed by atoms with Crippen LogP contribution in [0.25, 0.3) is 0 Å². The first kappa shape index (κ1) is 15.3. The van der Waals surface area contributed by atoms with E-state index in [4.69, 9.17) is 0 Å². The number of hydrogen-bond donors (Lipinski definition) is 2. The minimum atomic E-state index is -0.235. The van der Waals surface area contributed by atoms with E-state index in [1.54, 1.807) is 0 Å². The largest absolute Gasteiger partial charge is 0.326 e. The van der Waals surface area contributed by atoms with E-state index in [1.807, 2.05) is 62.4 Å². The number of anilines is 2. The Morgan fingerprint density at radius 2 is 1.43 bits per heavy atom. The molecular formula is C19H20N2O2. The van der Waals surface area contributed by atoms with Gasteiger partial charge in [-0.15, -0.1) is 0 Å². The lowest BCUT2D eigenvalue weighted by atomic mass is 10.2. The number of carbonyl (C=O) groups excluding carboxylic acids is 2. The molecule has 3 rings (SSSR count). The predicted octanol–water partition coefficient (Wildman–Crippen LogP) is 3.52. The van der Waals surface area contributed by atoms with Gasteiger partial charge in [-0.2, -0.15) is 0 Å². The van der Waals surface area contributed by atoms with Gasteiger partial charge in [-0.05, 0) is 50.1 Å². The Hall–Kier alpha value is -2.62. The maximum Gasteiger partial charge on any atom is 0.228 e. The molecule has 4 nitrogen and oxygen atoms in total. The summed E-state index contributed by atoms with van der Waals surface area (Å²) in [5.41, 5.74) is 3.78. The fourth-order valence-corrected chi connectivity index (χ4v) is 2.60. The molecule has 0 aromatic heterocycles. The highest BCUT2D eigenvalue weighted by Gasteiger charge is 2.48. The SMILES string of the molecule is Cc1ccc(NC(=O)C2CC2C(=O)Nc2cccc(C)c2)cc1. The smallest absolute Gasteiger partial charge is 0.228 e. The van der Waals surface area contributed by atoms with E-state index in [2.05, 4.69) is 10.6 Å². The molecule has 0 saturated heterocycles. The van der Waals surface area contributed by atoms with Crippen molar-refractivity contribution in [2.45, 2.75) is 20.3 Å². The van der Waals surface area contributed by atoms with Gasteiger partial charge in [0.15, 0.2) is 0 Å². The molecule has 0 radical (unpaired) electrons. The van der Waals surface area contributed by atoms with Crippen molar-refractivity contribution in [3.05, 3.63) is 59.7 Å². The molecule has 0 aliphatic heterocycles. The molecule has 1 saturated carbocycles. The van der Waals surface area contributed by atoms with Crippen molar-refractivity contribution in [3.8, 4) is 0 Å². The summed E-state index contributed by atoms with van der Waals surface area (Å²) in [7, 11) is 0. The molecule has 2 aromatic carbocycles. The van der Waals surface area contributed by atoms with Gasteiger partial charge in [0.2, 0.25) is 11.8 Å². The van der Waals surface area contributed by atoms with Crippen LogP contribution in [0, 0.1) is 25.7 Å². The monoisotopic (exact) mass is 308 g/mol. The Morgan fingerprint density at radius 3 is 2.04 bits per heavy atom. The Balaban J connectivity index is 1.55. The van der Waals surface area contributed by atoms with Gasteiger partial charge in [0.05, 0.1) is 11.8 Å². The summed E-state index contributed by atoms with van der Waals surface area (Å²) < 4.78 is 0. The van der Waals surface area contributed by atoms with Gasteiger partial charge in [0, 0.05) is 11.4 Å². The molecule has 1 aliphatic carbocycles. The molecule has 2 N–H and O–H groups in total. The molecule has 4 heteroatoms. The van der Waals surface area contributed by atoms with Crippen LogP contribution in [0.1, 0.15) is 17.5 Å². The zero-order chi connectivity index (χ0) is 16.4. The molecule has 2 amide bonds. The third-order valence-corrected chi connectivity index (χ3v) is 4.07.